The zero-order valence-corrected chi connectivity index (χ0v) is 19.2. The van der Waals surface area contributed by atoms with E-state index in [1.807, 2.05) is 49.1 Å². The van der Waals surface area contributed by atoms with Crippen LogP contribution in [0.1, 0.15) is 30.0 Å². The summed E-state index contributed by atoms with van der Waals surface area (Å²) >= 11 is 0. The lowest BCUT2D eigenvalue weighted by Crippen LogP contribution is -2.46. The van der Waals surface area contributed by atoms with E-state index in [1.165, 1.54) is 18.4 Å². The second kappa shape index (κ2) is 10.5. The predicted octanol–water partition coefficient (Wildman–Crippen LogP) is 4.01. The molecular formula is C26H28FN3O4. The first-order valence-corrected chi connectivity index (χ1v) is 11.3. The second-order valence-corrected chi connectivity index (χ2v) is 8.51. The maximum Gasteiger partial charge on any atom is 0.287 e. The lowest BCUT2D eigenvalue weighted by molar-refractivity contribution is -0.118. The first-order valence-electron chi connectivity index (χ1n) is 11.3. The van der Waals surface area contributed by atoms with Gasteiger partial charge in [-0.2, -0.15) is 0 Å². The Morgan fingerprint density at radius 1 is 1.06 bits per heavy atom. The van der Waals surface area contributed by atoms with Crippen molar-refractivity contribution in [3.05, 3.63) is 84.1 Å². The van der Waals surface area contributed by atoms with E-state index in [1.54, 1.807) is 18.2 Å². The zero-order chi connectivity index (χ0) is 24.1. The number of halogens is 1. The van der Waals surface area contributed by atoms with Crippen molar-refractivity contribution in [2.75, 3.05) is 23.3 Å². The number of benzene rings is 2. The van der Waals surface area contributed by atoms with Crippen molar-refractivity contribution in [1.82, 2.24) is 5.32 Å². The number of amides is 2. The number of carbonyl (C=O) groups is 2. The molecule has 1 saturated heterocycles. The largest absolute Gasteiger partial charge is 0.459 e. The van der Waals surface area contributed by atoms with Gasteiger partial charge in [0.2, 0.25) is 5.91 Å². The lowest BCUT2D eigenvalue weighted by Gasteiger charge is -2.37. The van der Waals surface area contributed by atoms with Crippen LogP contribution in [0.2, 0.25) is 0 Å². The molecule has 2 heterocycles. The number of rotatable bonds is 7. The third-order valence-electron chi connectivity index (χ3n) is 5.62. The first-order chi connectivity index (χ1) is 16.4. The first kappa shape index (κ1) is 23.5. The number of hydrogen-bond donors (Lipinski definition) is 2. The molecule has 0 bridgehead atoms. The van der Waals surface area contributed by atoms with Gasteiger partial charge in [-0.1, -0.05) is 30.3 Å². The maximum atomic E-state index is 15.0. The summed E-state index contributed by atoms with van der Waals surface area (Å²) < 4.78 is 25.8. The van der Waals surface area contributed by atoms with Crippen LogP contribution >= 0.6 is 0 Å². The Kier molecular flexibility index (Phi) is 7.27. The molecule has 0 aliphatic carbocycles. The number of hydrogen-bond acceptors (Lipinski definition) is 5. The van der Waals surface area contributed by atoms with Crippen LogP contribution in [0.15, 0.2) is 71.3 Å². The highest BCUT2D eigenvalue weighted by molar-refractivity contribution is 6.00. The fourth-order valence-electron chi connectivity index (χ4n) is 4.14. The van der Waals surface area contributed by atoms with Crippen molar-refractivity contribution < 1.29 is 23.1 Å². The van der Waals surface area contributed by atoms with Gasteiger partial charge in [0.25, 0.3) is 5.91 Å². The number of carbonyl (C=O) groups excluding carboxylic acids is 2. The summed E-state index contributed by atoms with van der Waals surface area (Å²) in [6, 6.07) is 16.2. The molecule has 3 unspecified atom stereocenters. The van der Waals surface area contributed by atoms with Crippen LogP contribution in [-0.4, -0.2) is 43.2 Å². The van der Waals surface area contributed by atoms with E-state index < -0.39 is 23.7 Å². The fraction of sp³-hybridized carbons (Fsp3) is 0.308. The molecule has 2 aromatic carbocycles. The van der Waals surface area contributed by atoms with Crippen LogP contribution in [0.3, 0.4) is 0 Å². The van der Waals surface area contributed by atoms with E-state index in [4.69, 9.17) is 9.15 Å². The zero-order valence-electron chi connectivity index (χ0n) is 19.2. The molecule has 2 amide bonds. The smallest absolute Gasteiger partial charge is 0.287 e. The Balaban J connectivity index is 1.48. The monoisotopic (exact) mass is 465 g/mol. The summed E-state index contributed by atoms with van der Waals surface area (Å²) in [6.07, 6.45) is 1.66. The Bertz CT molecular complexity index is 1110. The summed E-state index contributed by atoms with van der Waals surface area (Å²) in [5, 5.41) is 5.45. The molecule has 2 N–H and O–H groups in total. The Morgan fingerprint density at radius 2 is 1.79 bits per heavy atom. The summed E-state index contributed by atoms with van der Waals surface area (Å²) in [7, 11) is 0. The number of nitrogens with one attached hydrogen (secondary N) is 2. The molecule has 1 aliphatic heterocycles. The molecular weight excluding hydrogens is 437 g/mol. The van der Waals surface area contributed by atoms with Gasteiger partial charge in [-0.15, -0.1) is 0 Å². The van der Waals surface area contributed by atoms with Crippen LogP contribution in [0.5, 0.6) is 0 Å². The minimum atomic E-state index is -0.885. The molecule has 1 aromatic heterocycles. The standard InChI is InChI=1S/C26H28FN3O4/c1-17-15-30(16-18(2)34-17)23-11-10-20(14-21(23)27)28-25(31)22(13-19-7-4-3-5-8-19)29-26(32)24-9-6-12-33-24/h3-12,14,17-18,22H,13,15-16H2,1-2H3,(H,28,31)(H,29,32). The summed E-state index contributed by atoms with van der Waals surface area (Å²) in [5.41, 5.74) is 1.65. The van der Waals surface area contributed by atoms with Gasteiger partial charge in [-0.25, -0.2) is 4.39 Å². The lowest BCUT2D eigenvalue weighted by atomic mass is 10.0. The van der Waals surface area contributed by atoms with E-state index in [-0.39, 0.29) is 24.4 Å². The van der Waals surface area contributed by atoms with Crippen molar-refractivity contribution in [3.63, 3.8) is 0 Å². The van der Waals surface area contributed by atoms with E-state index >= 15 is 0 Å². The molecule has 1 aliphatic rings. The predicted molar refractivity (Wildman–Crippen MR) is 127 cm³/mol. The average Bonchev–Trinajstić information content (AvgIpc) is 3.34. The third kappa shape index (κ3) is 5.82. The van der Waals surface area contributed by atoms with Crippen LogP contribution < -0.4 is 15.5 Å². The Labute approximate surface area is 197 Å². The van der Waals surface area contributed by atoms with Crippen LogP contribution in [0, 0.1) is 5.82 Å². The molecule has 7 nitrogen and oxygen atoms in total. The molecule has 1 fully saturated rings. The number of anilines is 2. The molecule has 4 rings (SSSR count). The van der Waals surface area contributed by atoms with E-state index in [0.29, 0.717) is 24.5 Å². The van der Waals surface area contributed by atoms with E-state index in [9.17, 15) is 14.0 Å². The maximum absolute atomic E-state index is 15.0. The molecule has 8 heteroatoms. The summed E-state index contributed by atoms with van der Waals surface area (Å²) in [6.45, 7) is 5.09. The van der Waals surface area contributed by atoms with Gasteiger partial charge < -0.3 is 24.7 Å². The minimum Gasteiger partial charge on any atom is -0.459 e. The highest BCUT2D eigenvalue weighted by Crippen LogP contribution is 2.26. The van der Waals surface area contributed by atoms with Gasteiger partial charge in [0.05, 0.1) is 24.2 Å². The third-order valence-corrected chi connectivity index (χ3v) is 5.62. The fourth-order valence-corrected chi connectivity index (χ4v) is 4.14. The topological polar surface area (TPSA) is 83.8 Å². The van der Waals surface area contributed by atoms with Crippen LogP contribution in [-0.2, 0) is 16.0 Å². The SMILES string of the molecule is CC1CN(c2ccc(NC(=O)C(Cc3ccccc3)NC(=O)c3ccco3)cc2F)CC(C)O1. The van der Waals surface area contributed by atoms with Gasteiger partial charge in [0.15, 0.2) is 5.76 Å². The molecule has 0 spiro atoms. The normalized spacial score (nSPS) is 18.9. The van der Waals surface area contributed by atoms with Crippen molar-refractivity contribution >= 4 is 23.2 Å². The second-order valence-electron chi connectivity index (χ2n) is 8.51. The number of furan rings is 1. The highest BCUT2D eigenvalue weighted by Gasteiger charge is 2.26. The van der Waals surface area contributed by atoms with Gasteiger partial charge in [-0.05, 0) is 49.7 Å². The molecule has 3 atom stereocenters. The van der Waals surface area contributed by atoms with Crippen molar-refractivity contribution in [3.8, 4) is 0 Å². The van der Waals surface area contributed by atoms with E-state index in [2.05, 4.69) is 10.6 Å². The van der Waals surface area contributed by atoms with Crippen LogP contribution in [0.4, 0.5) is 15.8 Å². The summed E-state index contributed by atoms with van der Waals surface area (Å²) in [5.74, 6) is -1.28. The van der Waals surface area contributed by atoms with Gasteiger partial charge in [0, 0.05) is 25.2 Å². The molecule has 0 saturated carbocycles. The summed E-state index contributed by atoms with van der Waals surface area (Å²) in [4.78, 5) is 27.6. The molecule has 178 valence electrons. The van der Waals surface area contributed by atoms with Gasteiger partial charge >= 0.3 is 0 Å². The van der Waals surface area contributed by atoms with Crippen LogP contribution in [0.25, 0.3) is 0 Å². The van der Waals surface area contributed by atoms with Crippen molar-refractivity contribution in [2.24, 2.45) is 0 Å². The van der Waals surface area contributed by atoms with Gasteiger partial charge in [-0.3, -0.25) is 9.59 Å². The number of ether oxygens (including phenoxy) is 1. The number of morpholine rings is 1. The van der Waals surface area contributed by atoms with Crippen molar-refractivity contribution in [1.29, 1.82) is 0 Å². The Hall–Kier alpha value is -3.65. The molecule has 34 heavy (non-hydrogen) atoms. The minimum absolute atomic E-state index is 0.000882. The Morgan fingerprint density at radius 3 is 2.44 bits per heavy atom. The highest BCUT2D eigenvalue weighted by atomic mass is 19.1. The molecule has 0 radical (unpaired) electrons. The number of nitrogens with zero attached hydrogens (tertiary/aromatic N) is 1. The average molecular weight is 466 g/mol. The van der Waals surface area contributed by atoms with Gasteiger partial charge in [0.1, 0.15) is 11.9 Å². The van der Waals surface area contributed by atoms with Crippen molar-refractivity contribution in [2.45, 2.75) is 38.5 Å². The quantitative estimate of drug-likeness (QED) is 0.551. The molecule has 3 aromatic rings. The van der Waals surface area contributed by atoms with E-state index in [0.717, 1.165) is 5.56 Å².